The van der Waals surface area contributed by atoms with Crippen molar-refractivity contribution in [1.82, 2.24) is 64.4 Å². The molecule has 22 rings (SSSR count). The van der Waals surface area contributed by atoms with Crippen LogP contribution in [0.15, 0.2) is 443 Å². The lowest BCUT2D eigenvalue weighted by Crippen LogP contribution is -2.00. The Bertz CT molecular complexity index is 7450. The van der Waals surface area contributed by atoms with Gasteiger partial charge in [0, 0.05) is 91.1 Å². The van der Waals surface area contributed by atoms with E-state index in [1.165, 1.54) is 10.8 Å². The highest BCUT2D eigenvalue weighted by Gasteiger charge is 2.20. The van der Waals surface area contributed by atoms with Gasteiger partial charge in [-0.05, 0) is 128 Å². The molecule has 0 radical (unpaired) electrons. The third-order valence-electron chi connectivity index (χ3n) is 22.4. The quantitative estimate of drug-likeness (QED) is 0.0850. The molecule has 586 valence electrons. The fourth-order valence-electron chi connectivity index (χ4n) is 15.9. The number of hydrogen-bond acceptors (Lipinski definition) is 12. The Kier molecular flexibility index (Phi) is 20.4. The second-order valence-electron chi connectivity index (χ2n) is 30.4. The van der Waals surface area contributed by atoms with Crippen LogP contribution in [0.2, 0.25) is 0 Å². The number of hydrogen-bond donors (Lipinski definition) is 0. The summed E-state index contributed by atoms with van der Waals surface area (Å²) in [5, 5.41) is 4.65. The average molecular weight is 1600 g/mol. The molecule has 22 aromatic rings. The monoisotopic (exact) mass is 1600 g/mol. The van der Waals surface area contributed by atoms with Crippen molar-refractivity contribution in [1.29, 1.82) is 0 Å². The smallest absolute Gasteiger partial charge is 0.164 e. The lowest BCUT2D eigenvalue weighted by molar-refractivity contribution is 1.07. The zero-order valence-electron chi connectivity index (χ0n) is 67.5. The third-order valence-corrected chi connectivity index (χ3v) is 22.4. The highest BCUT2D eigenvalue weighted by Crippen LogP contribution is 2.39. The molecule has 0 aliphatic rings. The van der Waals surface area contributed by atoms with E-state index in [4.69, 9.17) is 59.8 Å². The molecule has 0 bridgehead atoms. The Balaban J connectivity index is 0.000000155. The van der Waals surface area contributed by atoms with Gasteiger partial charge in [-0.2, -0.15) is 0 Å². The molecule has 125 heavy (non-hydrogen) atoms. The van der Waals surface area contributed by atoms with Crippen molar-refractivity contribution in [2.45, 2.75) is 0 Å². The van der Waals surface area contributed by atoms with Gasteiger partial charge in [0.25, 0.3) is 0 Å². The Morgan fingerprint density at radius 3 is 0.768 bits per heavy atom. The first-order valence-electron chi connectivity index (χ1n) is 41.4. The summed E-state index contributed by atoms with van der Waals surface area (Å²) >= 11 is 0. The molecule has 0 atom stereocenters. The summed E-state index contributed by atoms with van der Waals surface area (Å²) in [6, 6.07) is 143. The Morgan fingerprint density at radius 2 is 0.416 bits per heavy atom. The standard InChI is InChI=1S/C60H39N7.C52H34N6/c1-4-14-40(15-5-1)48-36-54(63-55(37-48)53-38-49(34-35-61-53)67-56-22-12-10-20-50(56)51-21-11-13-23-57(51)67)52-33-32-47(39-62-52)43-26-24-41(25-27-43)42-28-30-46(31-29-42)60-65-58(44-16-6-2-7-17-44)64-59(66-60)45-18-8-3-9-19-45;1-4-12-35(13-5-1)45-31-48(55-49(32-45)47-30-42-18-10-11-19-43(42)33-54-47)46-29-28-44(34-53-46)38-22-20-36(21-23-38)37-24-26-41(27-25-37)52-57-50(39-14-6-2-7-15-39)56-51(58-52)40-16-8-3-9-17-40/h1-39H;1-34H. The van der Waals surface area contributed by atoms with E-state index < -0.39 is 0 Å². The number of aromatic nitrogens is 13. The van der Waals surface area contributed by atoms with Gasteiger partial charge in [0.2, 0.25) is 0 Å². The highest BCUT2D eigenvalue weighted by molar-refractivity contribution is 6.09. The van der Waals surface area contributed by atoms with E-state index in [0.717, 1.165) is 173 Å². The van der Waals surface area contributed by atoms with Crippen LogP contribution in [0.4, 0.5) is 0 Å². The van der Waals surface area contributed by atoms with Crippen LogP contribution in [0, 0.1) is 0 Å². The van der Waals surface area contributed by atoms with Crippen LogP contribution >= 0.6 is 0 Å². The van der Waals surface area contributed by atoms with Gasteiger partial charge >= 0.3 is 0 Å². The molecule has 0 saturated carbocycles. The SMILES string of the molecule is c1ccc(-c2cc(-c3ccc(-c4ccc(-c5ccc(-c6nc(-c7ccccc7)nc(-c7ccccc7)n6)cc5)cc4)cn3)nc(-c3cc(-n4c5ccccc5c5ccccc54)ccn3)c2)cc1.c1ccc(-c2cc(-c3ccc(-c4ccc(-c5ccc(-c6nc(-c7ccccc7)nc(-c7ccccc7)n6)cc5)cc4)cn3)nc(-c3cc4ccccc4cn3)c2)cc1. The van der Waals surface area contributed by atoms with Gasteiger partial charge in [0.1, 0.15) is 0 Å². The van der Waals surface area contributed by atoms with Crippen molar-refractivity contribution >= 4 is 32.6 Å². The zero-order chi connectivity index (χ0) is 83.2. The number of para-hydroxylation sites is 2. The minimum atomic E-state index is 0.630. The summed E-state index contributed by atoms with van der Waals surface area (Å²) < 4.78 is 2.31. The van der Waals surface area contributed by atoms with E-state index in [1.807, 2.05) is 176 Å². The van der Waals surface area contributed by atoms with Crippen molar-refractivity contribution in [3.63, 3.8) is 0 Å². The van der Waals surface area contributed by atoms with Gasteiger partial charge in [-0.1, -0.05) is 352 Å². The molecular weight excluding hydrogens is 1530 g/mol. The topological polar surface area (TPSA) is 160 Å². The van der Waals surface area contributed by atoms with Crippen LogP contribution < -0.4 is 0 Å². The molecular formula is C112H73N13. The minimum Gasteiger partial charge on any atom is -0.309 e. The number of benzene rings is 13. The summed E-state index contributed by atoms with van der Waals surface area (Å²) in [5.41, 5.74) is 28.2. The average Bonchev–Trinajstić information content (AvgIpc) is 1.60. The normalized spacial score (nSPS) is 11.2. The lowest BCUT2D eigenvalue weighted by Gasteiger charge is -2.12. The number of fused-ring (bicyclic) bond motifs is 4. The molecule has 0 fully saturated rings. The van der Waals surface area contributed by atoms with Gasteiger partial charge < -0.3 is 4.57 Å². The number of pyridine rings is 6. The molecule has 0 spiro atoms. The predicted octanol–water partition coefficient (Wildman–Crippen LogP) is 27.0. The first-order chi connectivity index (χ1) is 61.9. The molecule has 0 unspecified atom stereocenters. The maximum atomic E-state index is 5.21. The zero-order valence-corrected chi connectivity index (χ0v) is 67.5. The molecule has 13 heteroatoms. The van der Waals surface area contributed by atoms with E-state index in [2.05, 4.69) is 271 Å². The first kappa shape index (κ1) is 75.3. The van der Waals surface area contributed by atoms with Crippen molar-refractivity contribution in [3.8, 4) is 186 Å². The van der Waals surface area contributed by atoms with Crippen LogP contribution in [-0.4, -0.2) is 64.4 Å². The van der Waals surface area contributed by atoms with E-state index in [-0.39, 0.29) is 0 Å². The Labute approximate surface area is 722 Å². The second kappa shape index (κ2) is 33.9. The second-order valence-corrected chi connectivity index (χ2v) is 30.4. The highest BCUT2D eigenvalue weighted by atomic mass is 15.0. The summed E-state index contributed by atoms with van der Waals surface area (Å²) in [5.74, 6) is 3.84. The van der Waals surface area contributed by atoms with Gasteiger partial charge in [-0.15, -0.1) is 0 Å². The van der Waals surface area contributed by atoms with Crippen molar-refractivity contribution < 1.29 is 0 Å². The van der Waals surface area contributed by atoms with Crippen LogP contribution in [0.25, 0.3) is 219 Å². The lowest BCUT2D eigenvalue weighted by atomic mass is 9.99. The molecule has 0 saturated heterocycles. The molecule has 9 heterocycles. The first-order valence-corrected chi connectivity index (χ1v) is 41.4. The van der Waals surface area contributed by atoms with E-state index in [0.29, 0.717) is 34.9 Å². The van der Waals surface area contributed by atoms with E-state index >= 15 is 0 Å². The maximum absolute atomic E-state index is 5.21. The van der Waals surface area contributed by atoms with Gasteiger partial charge in [-0.25, -0.2) is 39.9 Å². The molecule has 13 aromatic carbocycles. The number of nitrogens with zero attached hydrogens (tertiary/aromatic N) is 13. The molecule has 13 nitrogen and oxygen atoms in total. The van der Waals surface area contributed by atoms with Gasteiger partial charge in [-0.3, -0.25) is 19.9 Å². The number of rotatable bonds is 17. The summed E-state index contributed by atoms with van der Waals surface area (Å²) in [6.07, 6.45) is 7.64. The van der Waals surface area contributed by atoms with Crippen molar-refractivity contribution in [2.75, 3.05) is 0 Å². The third kappa shape index (κ3) is 16.0. The van der Waals surface area contributed by atoms with Crippen LogP contribution in [0.1, 0.15) is 0 Å². The Hall–Kier alpha value is -17.2. The van der Waals surface area contributed by atoms with E-state index in [9.17, 15) is 0 Å². The molecule has 9 aromatic heterocycles. The fourth-order valence-corrected chi connectivity index (χ4v) is 15.9. The van der Waals surface area contributed by atoms with Gasteiger partial charge in [0.15, 0.2) is 34.9 Å². The summed E-state index contributed by atoms with van der Waals surface area (Å²) in [7, 11) is 0. The summed E-state index contributed by atoms with van der Waals surface area (Å²) in [4.78, 5) is 59.1. The fraction of sp³-hybridized carbons (Fsp3) is 0. The van der Waals surface area contributed by atoms with Crippen molar-refractivity contribution in [2.24, 2.45) is 0 Å². The predicted molar refractivity (Wildman–Crippen MR) is 505 cm³/mol. The Morgan fingerprint density at radius 1 is 0.152 bits per heavy atom. The van der Waals surface area contributed by atoms with Crippen LogP contribution in [0.5, 0.6) is 0 Å². The van der Waals surface area contributed by atoms with Crippen LogP contribution in [-0.2, 0) is 0 Å². The molecule has 0 N–H and O–H groups in total. The largest absolute Gasteiger partial charge is 0.309 e. The molecule has 0 amide bonds. The van der Waals surface area contributed by atoms with Crippen LogP contribution in [0.3, 0.4) is 0 Å². The summed E-state index contributed by atoms with van der Waals surface area (Å²) in [6.45, 7) is 0. The maximum Gasteiger partial charge on any atom is 0.164 e. The minimum absolute atomic E-state index is 0.630. The van der Waals surface area contributed by atoms with Gasteiger partial charge in [0.05, 0.1) is 56.6 Å². The van der Waals surface area contributed by atoms with E-state index in [1.54, 1.807) is 0 Å². The van der Waals surface area contributed by atoms with Crippen molar-refractivity contribution in [3.05, 3.63) is 443 Å². The molecule has 0 aliphatic carbocycles. The molecule has 0 aliphatic heterocycles.